The summed E-state index contributed by atoms with van der Waals surface area (Å²) in [4.78, 5) is 2.21. The minimum Gasteiger partial charge on any atom is -0.405 e. The molecule has 0 aromatic heterocycles. The second kappa shape index (κ2) is 8.57. The molecule has 4 rings (SSSR count). The van der Waals surface area contributed by atoms with E-state index in [0.29, 0.717) is 30.5 Å². The molecule has 1 aliphatic heterocycles. The predicted molar refractivity (Wildman–Crippen MR) is 109 cm³/mol. The Morgan fingerprint density at radius 1 is 1.03 bits per heavy atom. The van der Waals surface area contributed by atoms with Gasteiger partial charge in [0.25, 0.3) is 0 Å². The molecular weight excluding hydrogens is 393 g/mol. The molecule has 1 saturated heterocycles. The van der Waals surface area contributed by atoms with Gasteiger partial charge in [-0.05, 0) is 36.5 Å². The molecule has 1 heterocycles. The summed E-state index contributed by atoms with van der Waals surface area (Å²) in [5, 5.41) is 14.5. The third-order valence-electron chi connectivity index (χ3n) is 6.24. The largest absolute Gasteiger partial charge is 0.573 e. The Kier molecular flexibility index (Phi) is 6.04. The van der Waals surface area contributed by atoms with Gasteiger partial charge in [0.15, 0.2) is 0 Å². The van der Waals surface area contributed by atoms with Gasteiger partial charge in [-0.25, -0.2) is 0 Å². The van der Waals surface area contributed by atoms with Crippen molar-refractivity contribution in [2.24, 2.45) is 0 Å². The quantitative estimate of drug-likeness (QED) is 0.737. The number of aliphatic hydroxyl groups is 1. The van der Waals surface area contributed by atoms with Crippen molar-refractivity contribution in [1.29, 1.82) is 0 Å². The van der Waals surface area contributed by atoms with Crippen LogP contribution in [-0.4, -0.2) is 54.7 Å². The van der Waals surface area contributed by atoms with Crippen LogP contribution in [0, 0.1) is 0 Å². The van der Waals surface area contributed by atoms with E-state index in [0.717, 1.165) is 38.2 Å². The van der Waals surface area contributed by atoms with Crippen LogP contribution in [0.5, 0.6) is 5.75 Å². The Balaban J connectivity index is 1.72. The minimum atomic E-state index is -4.80. The molecule has 0 spiro atoms. The number of ether oxygens (including phenoxy) is 1. The predicted octanol–water partition coefficient (Wildman–Crippen LogP) is 4.16. The molecule has 1 unspecified atom stereocenters. The van der Waals surface area contributed by atoms with Crippen molar-refractivity contribution in [3.8, 4) is 16.9 Å². The van der Waals surface area contributed by atoms with E-state index >= 15 is 0 Å². The first-order valence-corrected chi connectivity index (χ1v) is 10.4. The third-order valence-corrected chi connectivity index (χ3v) is 6.24. The fourth-order valence-electron chi connectivity index (χ4n) is 4.44. The Labute approximate surface area is 174 Å². The molecule has 2 fully saturated rings. The molecule has 2 aromatic rings. The van der Waals surface area contributed by atoms with E-state index < -0.39 is 17.9 Å². The van der Waals surface area contributed by atoms with Crippen LogP contribution in [-0.2, 0) is 0 Å². The summed E-state index contributed by atoms with van der Waals surface area (Å²) in [5.41, 5.74) is 0.896. The number of piperazine rings is 1. The molecule has 7 heteroatoms. The summed E-state index contributed by atoms with van der Waals surface area (Å²) in [5.74, 6) is -0.657. The van der Waals surface area contributed by atoms with Gasteiger partial charge >= 0.3 is 6.36 Å². The first kappa shape index (κ1) is 21.2. The van der Waals surface area contributed by atoms with E-state index in [1.165, 1.54) is 6.07 Å². The van der Waals surface area contributed by atoms with Gasteiger partial charge in [0.2, 0.25) is 0 Å². The molecule has 30 heavy (non-hydrogen) atoms. The van der Waals surface area contributed by atoms with Crippen LogP contribution in [0.2, 0.25) is 0 Å². The van der Waals surface area contributed by atoms with Crippen LogP contribution in [0.3, 0.4) is 0 Å². The fourth-order valence-corrected chi connectivity index (χ4v) is 4.44. The summed E-state index contributed by atoms with van der Waals surface area (Å²) < 4.78 is 44.3. The van der Waals surface area contributed by atoms with Gasteiger partial charge in [-0.3, -0.25) is 0 Å². The van der Waals surface area contributed by atoms with Crippen molar-refractivity contribution in [3.05, 3.63) is 54.1 Å². The Bertz CT molecular complexity index is 847. The highest BCUT2D eigenvalue weighted by Crippen LogP contribution is 2.47. The summed E-state index contributed by atoms with van der Waals surface area (Å²) >= 11 is 0. The lowest BCUT2D eigenvalue weighted by atomic mass is 9.68. The molecule has 1 saturated carbocycles. The summed E-state index contributed by atoms with van der Waals surface area (Å²) in [6, 6.07) is 14.2. The summed E-state index contributed by atoms with van der Waals surface area (Å²) in [6.45, 7) is 3.80. The van der Waals surface area contributed by atoms with E-state index in [1.54, 1.807) is 6.07 Å². The highest BCUT2D eigenvalue weighted by molar-refractivity contribution is 5.66. The zero-order valence-electron chi connectivity index (χ0n) is 16.8. The number of hydrogen-bond acceptors (Lipinski definition) is 4. The van der Waals surface area contributed by atoms with E-state index in [9.17, 15) is 18.3 Å². The maximum absolute atomic E-state index is 13.3. The van der Waals surface area contributed by atoms with Gasteiger partial charge in [0, 0.05) is 44.2 Å². The minimum absolute atomic E-state index is 0.218. The molecule has 1 atom stereocenters. The van der Waals surface area contributed by atoms with Crippen LogP contribution in [0.4, 0.5) is 13.2 Å². The molecule has 2 aliphatic rings. The van der Waals surface area contributed by atoms with Crippen molar-refractivity contribution in [3.63, 3.8) is 0 Å². The zero-order valence-corrected chi connectivity index (χ0v) is 16.8. The standard InChI is InChI=1S/C23H27F3N2O2/c24-23(25,26)30-21-15-18(17-5-2-1-3-6-17)7-8-19(21)20(22(29)9-4-10-22)16-28-13-11-27-12-14-28/h1-3,5-8,15,20,27,29H,4,9-14,16H2. The van der Waals surface area contributed by atoms with Crippen molar-refractivity contribution in [1.82, 2.24) is 10.2 Å². The second-order valence-electron chi connectivity index (χ2n) is 8.23. The Morgan fingerprint density at radius 3 is 2.33 bits per heavy atom. The molecule has 2 aromatic carbocycles. The summed E-state index contributed by atoms with van der Waals surface area (Å²) in [7, 11) is 0. The molecule has 0 amide bonds. The fraction of sp³-hybridized carbons (Fsp3) is 0.478. The number of halogens is 3. The number of nitrogens with one attached hydrogen (secondary N) is 1. The average molecular weight is 420 g/mol. The lowest BCUT2D eigenvalue weighted by Gasteiger charge is -2.46. The van der Waals surface area contributed by atoms with Gasteiger partial charge in [0.05, 0.1) is 5.60 Å². The van der Waals surface area contributed by atoms with E-state index in [2.05, 4.69) is 15.0 Å². The number of alkyl halides is 3. The molecule has 0 radical (unpaired) electrons. The van der Waals surface area contributed by atoms with Crippen molar-refractivity contribution in [2.75, 3.05) is 32.7 Å². The number of hydrogen-bond donors (Lipinski definition) is 2. The number of nitrogens with zero attached hydrogens (tertiary/aromatic N) is 1. The zero-order chi connectivity index (χ0) is 21.2. The molecular formula is C23H27F3N2O2. The monoisotopic (exact) mass is 420 g/mol. The van der Waals surface area contributed by atoms with E-state index in [1.807, 2.05) is 36.4 Å². The van der Waals surface area contributed by atoms with E-state index in [-0.39, 0.29) is 5.75 Å². The van der Waals surface area contributed by atoms with Gasteiger partial charge in [-0.15, -0.1) is 13.2 Å². The van der Waals surface area contributed by atoms with Crippen LogP contribution >= 0.6 is 0 Å². The third kappa shape index (κ3) is 4.79. The van der Waals surface area contributed by atoms with Crippen molar-refractivity contribution in [2.45, 2.75) is 37.1 Å². The molecule has 1 aliphatic carbocycles. The lowest BCUT2D eigenvalue weighted by Crippen LogP contribution is -2.51. The second-order valence-corrected chi connectivity index (χ2v) is 8.23. The molecule has 162 valence electrons. The van der Waals surface area contributed by atoms with Gasteiger partial charge < -0.3 is 20.1 Å². The van der Waals surface area contributed by atoms with Crippen molar-refractivity contribution < 1.29 is 23.0 Å². The topological polar surface area (TPSA) is 44.7 Å². The van der Waals surface area contributed by atoms with Crippen LogP contribution in [0.15, 0.2) is 48.5 Å². The SMILES string of the molecule is OC1(C(CN2CCNCC2)c2ccc(-c3ccccc3)cc2OC(F)(F)F)CCC1. The van der Waals surface area contributed by atoms with Gasteiger partial charge in [-0.2, -0.15) is 0 Å². The van der Waals surface area contributed by atoms with Crippen LogP contribution in [0.25, 0.3) is 11.1 Å². The first-order chi connectivity index (χ1) is 14.3. The number of benzene rings is 2. The first-order valence-electron chi connectivity index (χ1n) is 10.4. The van der Waals surface area contributed by atoms with Crippen LogP contribution < -0.4 is 10.1 Å². The Hall–Kier alpha value is -2.09. The highest BCUT2D eigenvalue weighted by atomic mass is 19.4. The van der Waals surface area contributed by atoms with Crippen molar-refractivity contribution >= 4 is 0 Å². The molecule has 0 bridgehead atoms. The summed E-state index contributed by atoms with van der Waals surface area (Å²) in [6.07, 6.45) is -2.73. The maximum atomic E-state index is 13.3. The van der Waals surface area contributed by atoms with E-state index in [4.69, 9.17) is 0 Å². The van der Waals surface area contributed by atoms with Gasteiger partial charge in [0.1, 0.15) is 5.75 Å². The van der Waals surface area contributed by atoms with Crippen LogP contribution in [0.1, 0.15) is 30.7 Å². The average Bonchev–Trinajstić information content (AvgIpc) is 2.71. The normalized spacial score (nSPS) is 20.4. The highest BCUT2D eigenvalue weighted by Gasteiger charge is 2.45. The smallest absolute Gasteiger partial charge is 0.405 e. The molecule has 2 N–H and O–H groups in total. The Morgan fingerprint density at radius 2 is 1.73 bits per heavy atom. The van der Waals surface area contributed by atoms with Gasteiger partial charge in [-0.1, -0.05) is 42.5 Å². The molecule has 4 nitrogen and oxygen atoms in total. The lowest BCUT2D eigenvalue weighted by molar-refractivity contribution is -0.275. The maximum Gasteiger partial charge on any atom is 0.573 e. The number of rotatable bonds is 6.